The Balaban J connectivity index is 2.48. The van der Waals surface area contributed by atoms with Crippen molar-refractivity contribution in [3.05, 3.63) is 62.7 Å². The van der Waals surface area contributed by atoms with Gasteiger partial charge in [0, 0.05) is 11.1 Å². The highest BCUT2D eigenvalue weighted by Gasteiger charge is 2.55. The highest BCUT2D eigenvalue weighted by Crippen LogP contribution is 2.36. The van der Waals surface area contributed by atoms with E-state index >= 15 is 0 Å². The Morgan fingerprint density at radius 1 is 1.38 bits per heavy atom. The van der Waals surface area contributed by atoms with Gasteiger partial charge >= 0.3 is 11.7 Å². The summed E-state index contributed by atoms with van der Waals surface area (Å²) in [6.45, 7) is 0. The number of halogens is 2. The Bertz CT molecular complexity index is 658. The van der Waals surface area contributed by atoms with Gasteiger partial charge in [-0.1, -0.05) is 41.4 Å². The summed E-state index contributed by atoms with van der Waals surface area (Å²) >= 11 is 11.7. The van der Waals surface area contributed by atoms with Gasteiger partial charge in [-0.15, -0.1) is 0 Å². The molecule has 0 aromatic heterocycles. The first kappa shape index (κ1) is 15.3. The third kappa shape index (κ3) is 2.86. The van der Waals surface area contributed by atoms with Crippen LogP contribution in [0.4, 0.5) is 0 Å². The second-order valence-corrected chi connectivity index (χ2v) is 5.09. The molecule has 2 rings (SSSR count). The van der Waals surface area contributed by atoms with Crippen molar-refractivity contribution in [3.8, 4) is 5.75 Å². The molecule has 0 bridgehead atoms. The number of hydrogen-bond acceptors (Lipinski definition) is 4. The Hall–Kier alpha value is -2.05. The standard InChI is InChI=1S/C13H9Cl2NO5/c14-8-4-5-11(10(15)7-8)21-13(16(19)20)6-2-1-3-9(13)12(17)18/h1-7,9H,(H,17,18). The summed E-state index contributed by atoms with van der Waals surface area (Å²) < 4.78 is 5.36. The minimum atomic E-state index is -2.27. The number of carboxylic acid groups (broad SMARTS) is 1. The lowest BCUT2D eigenvalue weighted by Gasteiger charge is -2.28. The lowest BCUT2D eigenvalue weighted by molar-refractivity contribution is -0.605. The highest BCUT2D eigenvalue weighted by atomic mass is 35.5. The molecule has 0 heterocycles. The Kier molecular flexibility index (Phi) is 4.20. The molecule has 1 aromatic carbocycles. The van der Waals surface area contributed by atoms with E-state index in [0.29, 0.717) is 5.02 Å². The van der Waals surface area contributed by atoms with Gasteiger partial charge in [0.25, 0.3) is 0 Å². The molecular formula is C13H9Cl2NO5. The third-order valence-electron chi connectivity index (χ3n) is 2.91. The largest absolute Gasteiger partial charge is 0.480 e. The summed E-state index contributed by atoms with van der Waals surface area (Å²) in [5, 5.41) is 21.0. The van der Waals surface area contributed by atoms with Crippen LogP contribution >= 0.6 is 23.2 Å². The van der Waals surface area contributed by atoms with Crippen LogP contribution in [-0.2, 0) is 4.79 Å². The molecule has 2 atom stereocenters. The number of carboxylic acids is 1. The van der Waals surface area contributed by atoms with Crippen LogP contribution in [0.25, 0.3) is 0 Å². The SMILES string of the molecule is O=C(O)C1C=CC=CC1(Oc1ccc(Cl)cc1Cl)[N+](=O)[O-]. The number of rotatable bonds is 4. The number of aliphatic carboxylic acids is 1. The van der Waals surface area contributed by atoms with E-state index in [0.717, 1.165) is 6.08 Å². The lowest BCUT2D eigenvalue weighted by Crippen LogP contribution is -2.52. The summed E-state index contributed by atoms with van der Waals surface area (Å²) in [6.07, 6.45) is 5.03. The maximum absolute atomic E-state index is 11.4. The van der Waals surface area contributed by atoms with E-state index in [1.807, 2.05) is 0 Å². The van der Waals surface area contributed by atoms with E-state index < -0.39 is 22.5 Å². The number of nitro groups is 1. The zero-order chi connectivity index (χ0) is 15.6. The zero-order valence-corrected chi connectivity index (χ0v) is 11.9. The molecule has 0 radical (unpaired) electrons. The number of carbonyl (C=O) groups is 1. The van der Waals surface area contributed by atoms with Crippen LogP contribution in [0.3, 0.4) is 0 Å². The van der Waals surface area contributed by atoms with Crippen molar-refractivity contribution in [2.75, 3.05) is 0 Å². The average Bonchev–Trinajstić information content (AvgIpc) is 2.42. The maximum Gasteiger partial charge on any atom is 0.400 e. The normalized spacial score (nSPS) is 23.8. The van der Waals surface area contributed by atoms with Crippen molar-refractivity contribution in [2.45, 2.75) is 5.72 Å². The first-order valence-corrected chi connectivity index (χ1v) is 6.50. The molecule has 0 spiro atoms. The fourth-order valence-corrected chi connectivity index (χ4v) is 2.36. The van der Waals surface area contributed by atoms with Crippen molar-refractivity contribution in [1.82, 2.24) is 0 Å². The van der Waals surface area contributed by atoms with Crippen LogP contribution in [0.15, 0.2) is 42.5 Å². The molecule has 2 unspecified atom stereocenters. The maximum atomic E-state index is 11.4. The predicted octanol–water partition coefficient (Wildman–Crippen LogP) is 3.17. The van der Waals surface area contributed by atoms with Crippen LogP contribution in [-0.4, -0.2) is 21.7 Å². The average molecular weight is 330 g/mol. The van der Waals surface area contributed by atoms with Gasteiger partial charge in [-0.25, -0.2) is 0 Å². The molecular weight excluding hydrogens is 321 g/mol. The summed E-state index contributed by atoms with van der Waals surface area (Å²) in [5.74, 6) is -2.88. The number of benzene rings is 1. The molecule has 8 heteroatoms. The van der Waals surface area contributed by atoms with Crippen LogP contribution in [0.5, 0.6) is 5.75 Å². The Morgan fingerprint density at radius 2 is 2.10 bits per heavy atom. The zero-order valence-electron chi connectivity index (χ0n) is 10.4. The molecule has 110 valence electrons. The van der Waals surface area contributed by atoms with Crippen molar-refractivity contribution < 1.29 is 19.6 Å². The van der Waals surface area contributed by atoms with Crippen molar-refractivity contribution in [3.63, 3.8) is 0 Å². The lowest BCUT2D eigenvalue weighted by atomic mass is 9.91. The van der Waals surface area contributed by atoms with Gasteiger partial charge in [0.05, 0.1) is 9.95 Å². The molecule has 0 saturated carbocycles. The summed E-state index contributed by atoms with van der Waals surface area (Å²) in [6, 6.07) is 4.14. The predicted molar refractivity (Wildman–Crippen MR) is 76.2 cm³/mol. The molecule has 0 fully saturated rings. The molecule has 1 aliphatic rings. The van der Waals surface area contributed by atoms with Gasteiger partial charge in [0.2, 0.25) is 0 Å². The van der Waals surface area contributed by atoms with Crippen molar-refractivity contribution in [2.24, 2.45) is 5.92 Å². The number of allylic oxidation sites excluding steroid dienone is 2. The molecule has 0 amide bonds. The monoisotopic (exact) mass is 329 g/mol. The molecule has 1 aromatic rings. The molecule has 0 saturated heterocycles. The second-order valence-electron chi connectivity index (χ2n) is 4.25. The quantitative estimate of drug-likeness (QED) is 0.520. The number of hydrogen-bond donors (Lipinski definition) is 1. The summed E-state index contributed by atoms with van der Waals surface area (Å²) in [5.41, 5.74) is -2.27. The molecule has 1 aliphatic carbocycles. The van der Waals surface area contributed by atoms with E-state index in [-0.39, 0.29) is 10.8 Å². The van der Waals surface area contributed by atoms with Gasteiger partial charge < -0.3 is 9.84 Å². The fourth-order valence-electron chi connectivity index (χ4n) is 1.91. The minimum absolute atomic E-state index is 0.0241. The molecule has 0 aliphatic heterocycles. The van der Waals surface area contributed by atoms with E-state index in [1.54, 1.807) is 0 Å². The van der Waals surface area contributed by atoms with E-state index in [4.69, 9.17) is 27.9 Å². The van der Waals surface area contributed by atoms with Crippen LogP contribution in [0.2, 0.25) is 10.0 Å². The molecule has 6 nitrogen and oxygen atoms in total. The smallest absolute Gasteiger partial charge is 0.400 e. The van der Waals surface area contributed by atoms with Crippen LogP contribution < -0.4 is 4.74 Å². The molecule has 21 heavy (non-hydrogen) atoms. The summed E-state index contributed by atoms with van der Waals surface area (Å²) in [7, 11) is 0. The highest BCUT2D eigenvalue weighted by molar-refractivity contribution is 6.35. The van der Waals surface area contributed by atoms with E-state index in [9.17, 15) is 20.0 Å². The Labute approximate surface area is 129 Å². The van der Waals surface area contributed by atoms with Crippen LogP contribution in [0, 0.1) is 16.0 Å². The third-order valence-corrected chi connectivity index (χ3v) is 3.44. The number of nitrogens with zero attached hydrogens (tertiary/aromatic N) is 1. The van der Waals surface area contributed by atoms with Gasteiger partial charge in [0.1, 0.15) is 5.75 Å². The second kappa shape index (κ2) is 5.75. The first-order chi connectivity index (χ1) is 9.86. The van der Waals surface area contributed by atoms with Crippen LogP contribution in [0.1, 0.15) is 0 Å². The van der Waals surface area contributed by atoms with Crippen molar-refractivity contribution in [1.29, 1.82) is 0 Å². The van der Waals surface area contributed by atoms with E-state index in [1.165, 1.54) is 36.4 Å². The molecule has 1 N–H and O–H groups in total. The summed E-state index contributed by atoms with van der Waals surface area (Å²) in [4.78, 5) is 21.9. The fraction of sp³-hybridized carbons (Fsp3) is 0.154. The van der Waals surface area contributed by atoms with Gasteiger partial charge in [-0.05, 0) is 18.2 Å². The van der Waals surface area contributed by atoms with Crippen molar-refractivity contribution >= 4 is 29.2 Å². The van der Waals surface area contributed by atoms with Gasteiger partial charge in [0.15, 0.2) is 5.92 Å². The first-order valence-electron chi connectivity index (χ1n) is 5.74. The van der Waals surface area contributed by atoms with Gasteiger partial charge in [-0.3, -0.25) is 14.9 Å². The minimum Gasteiger partial charge on any atom is -0.480 e. The van der Waals surface area contributed by atoms with E-state index in [2.05, 4.69) is 0 Å². The Morgan fingerprint density at radius 3 is 2.67 bits per heavy atom. The van der Waals surface area contributed by atoms with Gasteiger partial charge in [-0.2, -0.15) is 0 Å². The number of ether oxygens (including phenoxy) is 1. The topological polar surface area (TPSA) is 89.7 Å².